The number of benzene rings is 9. The number of hydrogen-bond donors (Lipinski definition) is 0. The van der Waals surface area contributed by atoms with E-state index in [4.69, 9.17) is 0 Å². The van der Waals surface area contributed by atoms with Crippen molar-refractivity contribution in [1.82, 2.24) is 0 Å². The highest BCUT2D eigenvalue weighted by Gasteiger charge is 2.47. The quantitative estimate of drug-likeness (QED) is 0.151. The minimum absolute atomic E-state index is 0.265. The Kier molecular flexibility index (Phi) is 9.33. The van der Waals surface area contributed by atoms with Crippen LogP contribution in [0.3, 0.4) is 0 Å². The fourth-order valence-corrected chi connectivity index (χ4v) is 11.2. The Morgan fingerprint density at radius 3 is 1.02 bits per heavy atom. The molecule has 0 bridgehead atoms. The fraction of sp³-hybridized carbons (Fsp3) is 0.129. The first kappa shape index (κ1) is 39.4. The molecule has 2 heteroatoms. The van der Waals surface area contributed by atoms with Gasteiger partial charge in [0.25, 0.3) is 0 Å². The van der Waals surface area contributed by atoms with E-state index in [2.05, 4.69) is 258 Å². The zero-order chi connectivity index (χ0) is 43.7. The lowest BCUT2D eigenvalue weighted by Crippen LogP contribution is -2.24. The lowest BCUT2D eigenvalue weighted by molar-refractivity contribution is 0.601. The number of aryl methyl sites for hydroxylation is 2. The third kappa shape index (κ3) is 6.15. The van der Waals surface area contributed by atoms with Crippen molar-refractivity contribution in [3.05, 3.63) is 240 Å². The molecule has 0 fully saturated rings. The van der Waals surface area contributed by atoms with Gasteiger partial charge in [0.15, 0.2) is 0 Å². The van der Waals surface area contributed by atoms with Crippen molar-refractivity contribution in [3.8, 4) is 44.5 Å². The minimum Gasteiger partial charge on any atom is -0.310 e. The molecule has 0 spiro atoms. The normalized spacial score (nSPS) is 13.7. The van der Waals surface area contributed by atoms with E-state index >= 15 is 0 Å². The van der Waals surface area contributed by atoms with Crippen LogP contribution in [0.1, 0.15) is 61.1 Å². The second-order valence-electron chi connectivity index (χ2n) is 18.6. The first-order valence-electron chi connectivity index (χ1n) is 22.6. The molecule has 9 aromatic carbocycles. The topological polar surface area (TPSA) is 6.48 Å². The van der Waals surface area contributed by atoms with E-state index < -0.39 is 0 Å². The molecule has 0 aromatic heterocycles. The zero-order valence-corrected chi connectivity index (χ0v) is 37.5. The molecule has 0 radical (unpaired) electrons. The van der Waals surface area contributed by atoms with Crippen LogP contribution in [-0.4, -0.2) is 0 Å². The molecule has 0 saturated heterocycles. The van der Waals surface area contributed by atoms with E-state index in [0.717, 1.165) is 22.7 Å². The van der Waals surface area contributed by atoms with Crippen LogP contribution < -0.4 is 9.80 Å². The van der Waals surface area contributed by atoms with Crippen molar-refractivity contribution in [3.63, 3.8) is 0 Å². The molecule has 0 aliphatic heterocycles. The van der Waals surface area contributed by atoms with Crippen LogP contribution in [0.5, 0.6) is 0 Å². The largest absolute Gasteiger partial charge is 0.310 e. The lowest BCUT2D eigenvalue weighted by Gasteiger charge is -2.33. The Labute approximate surface area is 378 Å². The van der Waals surface area contributed by atoms with Gasteiger partial charge in [-0.15, -0.1) is 0 Å². The Morgan fingerprint density at radius 1 is 0.312 bits per heavy atom. The summed E-state index contributed by atoms with van der Waals surface area (Å²) in [5, 5.41) is 0. The van der Waals surface area contributed by atoms with Crippen molar-refractivity contribution in [1.29, 1.82) is 0 Å². The lowest BCUT2D eigenvalue weighted by atomic mass is 9.72. The molecule has 0 heterocycles. The molecule has 2 aliphatic carbocycles. The van der Waals surface area contributed by atoms with E-state index in [9.17, 15) is 0 Å². The molecular formula is C62H52N2. The number of nitrogens with zero attached hydrogens (tertiary/aromatic N) is 2. The van der Waals surface area contributed by atoms with E-state index in [1.807, 2.05) is 0 Å². The van der Waals surface area contributed by atoms with Gasteiger partial charge in [-0.1, -0.05) is 173 Å². The van der Waals surface area contributed by atoms with E-state index in [1.165, 1.54) is 89.3 Å². The van der Waals surface area contributed by atoms with Crippen LogP contribution in [0.15, 0.2) is 206 Å². The van der Waals surface area contributed by atoms with Crippen LogP contribution in [-0.2, 0) is 10.8 Å². The summed E-state index contributed by atoms with van der Waals surface area (Å²) in [5.74, 6) is 0. The number of hydrogen-bond acceptors (Lipinski definition) is 2. The highest BCUT2D eigenvalue weighted by molar-refractivity contribution is 5.97. The van der Waals surface area contributed by atoms with Gasteiger partial charge >= 0.3 is 0 Å². The molecule has 0 unspecified atom stereocenters. The van der Waals surface area contributed by atoms with Crippen molar-refractivity contribution in [2.75, 3.05) is 9.80 Å². The van der Waals surface area contributed by atoms with Crippen LogP contribution in [0.25, 0.3) is 44.5 Å². The van der Waals surface area contributed by atoms with Gasteiger partial charge in [-0.2, -0.15) is 0 Å². The van der Waals surface area contributed by atoms with Gasteiger partial charge in [0.1, 0.15) is 0 Å². The summed E-state index contributed by atoms with van der Waals surface area (Å²) in [6.45, 7) is 14.5. The van der Waals surface area contributed by atoms with Crippen LogP contribution in [0, 0.1) is 13.8 Å². The van der Waals surface area contributed by atoms with Gasteiger partial charge in [0, 0.05) is 44.7 Å². The second-order valence-corrected chi connectivity index (χ2v) is 18.6. The molecule has 2 nitrogen and oxygen atoms in total. The Hall–Kier alpha value is -7.42. The van der Waals surface area contributed by atoms with Crippen molar-refractivity contribution in [2.24, 2.45) is 0 Å². The van der Waals surface area contributed by atoms with Crippen molar-refractivity contribution >= 4 is 34.1 Å². The predicted molar refractivity (Wildman–Crippen MR) is 271 cm³/mol. The monoisotopic (exact) mass is 824 g/mol. The van der Waals surface area contributed by atoms with Crippen LogP contribution in [0.4, 0.5) is 34.1 Å². The predicted octanol–water partition coefficient (Wildman–Crippen LogP) is 17.2. The highest BCUT2D eigenvalue weighted by Crippen LogP contribution is 2.61. The maximum absolute atomic E-state index is 2.49. The standard InChI is InChI=1S/C62H52N2/c1-41-37-47(63(45-27-15-9-16-28-45)55-33-21-19-31-49(55)43-23-11-7-12-24-43)39-53-57(41)51-35-36-52-58-42(2)38-48(40-54(58)62(5,6)60(52)59(51)61(53,3)4)64(46-29-17-10-18-30-46)56-34-22-20-32-50(56)44-25-13-8-14-26-44/h7-40H,1-6H3. The van der Waals surface area contributed by atoms with Gasteiger partial charge in [-0.05, 0) is 141 Å². The summed E-state index contributed by atoms with van der Waals surface area (Å²) in [5.41, 5.74) is 24.9. The third-order valence-corrected chi connectivity index (χ3v) is 14.0. The summed E-state index contributed by atoms with van der Waals surface area (Å²) >= 11 is 0. The van der Waals surface area contributed by atoms with E-state index in [1.54, 1.807) is 0 Å². The molecule has 11 rings (SSSR count). The Morgan fingerprint density at radius 2 is 0.641 bits per heavy atom. The molecule has 2 aliphatic rings. The van der Waals surface area contributed by atoms with Gasteiger partial charge in [0.05, 0.1) is 11.4 Å². The summed E-state index contributed by atoms with van der Waals surface area (Å²) in [7, 11) is 0. The zero-order valence-electron chi connectivity index (χ0n) is 37.5. The summed E-state index contributed by atoms with van der Waals surface area (Å²) < 4.78 is 0. The first-order chi connectivity index (χ1) is 31.1. The summed E-state index contributed by atoms with van der Waals surface area (Å²) in [6, 6.07) is 75.5. The molecule has 0 atom stereocenters. The van der Waals surface area contributed by atoms with E-state index in [-0.39, 0.29) is 10.8 Å². The maximum Gasteiger partial charge on any atom is 0.0540 e. The van der Waals surface area contributed by atoms with Crippen LogP contribution >= 0.6 is 0 Å². The Balaban J connectivity index is 1.06. The first-order valence-corrected chi connectivity index (χ1v) is 22.6. The molecule has 0 amide bonds. The van der Waals surface area contributed by atoms with E-state index in [0.29, 0.717) is 0 Å². The summed E-state index contributed by atoms with van der Waals surface area (Å²) in [6.07, 6.45) is 0. The Bertz CT molecular complexity index is 3000. The summed E-state index contributed by atoms with van der Waals surface area (Å²) in [4.78, 5) is 4.91. The van der Waals surface area contributed by atoms with Gasteiger partial charge in [0.2, 0.25) is 0 Å². The molecule has 0 N–H and O–H groups in total. The second kappa shape index (κ2) is 15.1. The third-order valence-electron chi connectivity index (χ3n) is 14.0. The minimum atomic E-state index is -0.265. The fourth-order valence-electron chi connectivity index (χ4n) is 11.2. The maximum atomic E-state index is 2.49. The average molecular weight is 825 g/mol. The number of para-hydroxylation sites is 4. The molecule has 310 valence electrons. The van der Waals surface area contributed by atoms with Crippen molar-refractivity contribution < 1.29 is 0 Å². The molecule has 0 saturated carbocycles. The van der Waals surface area contributed by atoms with Gasteiger partial charge in [-0.25, -0.2) is 0 Å². The SMILES string of the molecule is Cc1cc(N(c2ccccc2)c2ccccc2-c2ccccc2)cc2c1-c1ccc3c(c1C2(C)C)C(C)(C)c1cc(N(c2ccccc2)c2ccccc2-c2ccccc2)cc(C)c1-3. The van der Waals surface area contributed by atoms with Crippen molar-refractivity contribution in [2.45, 2.75) is 52.4 Å². The van der Waals surface area contributed by atoms with Gasteiger partial charge < -0.3 is 9.80 Å². The highest BCUT2D eigenvalue weighted by atomic mass is 15.2. The number of rotatable bonds is 8. The smallest absolute Gasteiger partial charge is 0.0540 e. The molecule has 9 aromatic rings. The number of anilines is 6. The molecule has 64 heavy (non-hydrogen) atoms. The average Bonchev–Trinajstić information content (AvgIpc) is 3.70. The van der Waals surface area contributed by atoms with Crippen LogP contribution in [0.2, 0.25) is 0 Å². The van der Waals surface area contributed by atoms with Gasteiger partial charge in [-0.3, -0.25) is 0 Å². The molecular weight excluding hydrogens is 773 g/mol. The number of fused-ring (bicyclic) bond motifs is 7.